The Morgan fingerprint density at radius 2 is 1.85 bits per heavy atom. The van der Waals surface area contributed by atoms with E-state index in [1.807, 2.05) is 0 Å². The highest BCUT2D eigenvalue weighted by Gasteiger charge is 2.26. The van der Waals surface area contributed by atoms with Crippen molar-refractivity contribution in [2.75, 3.05) is 50.7 Å². The van der Waals surface area contributed by atoms with Crippen LogP contribution in [0.1, 0.15) is 31.4 Å². The van der Waals surface area contributed by atoms with Gasteiger partial charge >= 0.3 is 6.09 Å². The molecular formula is C20H27N5O2. The van der Waals surface area contributed by atoms with Crippen molar-refractivity contribution in [1.82, 2.24) is 19.8 Å². The maximum atomic E-state index is 11.1. The van der Waals surface area contributed by atoms with E-state index in [9.17, 15) is 4.79 Å². The van der Waals surface area contributed by atoms with E-state index in [2.05, 4.69) is 44.9 Å². The van der Waals surface area contributed by atoms with Crippen LogP contribution in [0.15, 0.2) is 24.5 Å². The highest BCUT2D eigenvalue weighted by molar-refractivity contribution is 5.84. The minimum absolute atomic E-state index is 0.296. The average molecular weight is 369 g/mol. The summed E-state index contributed by atoms with van der Waals surface area (Å²) in [6.07, 6.45) is 2.46. The molecule has 2 aliphatic heterocycles. The number of benzene rings is 1. The molecule has 1 amide bonds. The van der Waals surface area contributed by atoms with Gasteiger partial charge in [0.15, 0.2) is 0 Å². The number of anilines is 1. The number of fused-ring (bicyclic) bond motifs is 1. The Labute approximate surface area is 159 Å². The van der Waals surface area contributed by atoms with Gasteiger partial charge in [-0.05, 0) is 37.6 Å². The lowest BCUT2D eigenvalue weighted by molar-refractivity contribution is 0.132. The van der Waals surface area contributed by atoms with Gasteiger partial charge in [0.1, 0.15) is 6.33 Å². The molecule has 2 fully saturated rings. The summed E-state index contributed by atoms with van der Waals surface area (Å²) >= 11 is 0. The highest BCUT2D eigenvalue weighted by Crippen LogP contribution is 2.32. The Hall–Kier alpha value is -2.41. The van der Waals surface area contributed by atoms with Gasteiger partial charge in [-0.15, -0.1) is 0 Å². The monoisotopic (exact) mass is 369 g/mol. The first-order chi connectivity index (χ1) is 13.2. The second-order valence-corrected chi connectivity index (χ2v) is 7.43. The average Bonchev–Trinajstić information content (AvgIpc) is 2.73. The lowest BCUT2D eigenvalue weighted by Crippen LogP contribution is -2.46. The molecule has 4 rings (SSSR count). The van der Waals surface area contributed by atoms with E-state index in [1.165, 1.54) is 10.6 Å². The summed E-state index contributed by atoms with van der Waals surface area (Å²) in [5.74, 6) is 0.296. The molecule has 2 aromatic rings. The van der Waals surface area contributed by atoms with Crippen LogP contribution >= 0.6 is 0 Å². The van der Waals surface area contributed by atoms with Crippen molar-refractivity contribution >= 4 is 22.7 Å². The van der Waals surface area contributed by atoms with Crippen molar-refractivity contribution in [2.45, 2.75) is 25.7 Å². The molecule has 0 spiro atoms. The first-order valence-electron chi connectivity index (χ1n) is 9.85. The molecule has 7 nitrogen and oxygen atoms in total. The number of carbonyl (C=O) groups is 1. The zero-order chi connectivity index (χ0) is 18.8. The number of aromatic nitrogens is 2. The van der Waals surface area contributed by atoms with Gasteiger partial charge in [0.05, 0.1) is 11.2 Å². The number of likely N-dealkylation sites (tertiary alicyclic amines) is 1. The van der Waals surface area contributed by atoms with Crippen molar-refractivity contribution in [1.29, 1.82) is 0 Å². The molecule has 2 saturated heterocycles. The molecule has 0 atom stereocenters. The fourth-order valence-electron chi connectivity index (χ4n) is 4.25. The minimum Gasteiger partial charge on any atom is -0.465 e. The molecular weight excluding hydrogens is 342 g/mol. The molecule has 27 heavy (non-hydrogen) atoms. The Morgan fingerprint density at radius 1 is 1.11 bits per heavy atom. The minimum atomic E-state index is -0.825. The van der Waals surface area contributed by atoms with Gasteiger partial charge in [0, 0.05) is 56.3 Å². The summed E-state index contributed by atoms with van der Waals surface area (Å²) in [5, 5.41) is 10.2. The van der Waals surface area contributed by atoms with Gasteiger partial charge in [-0.1, -0.05) is 6.92 Å². The molecule has 1 aromatic heterocycles. The van der Waals surface area contributed by atoms with E-state index >= 15 is 0 Å². The van der Waals surface area contributed by atoms with E-state index in [-0.39, 0.29) is 0 Å². The number of piperidine rings is 1. The van der Waals surface area contributed by atoms with Crippen LogP contribution in [0.5, 0.6) is 0 Å². The summed E-state index contributed by atoms with van der Waals surface area (Å²) in [5.41, 5.74) is 3.27. The topological polar surface area (TPSA) is 72.8 Å². The third-order valence-corrected chi connectivity index (χ3v) is 5.99. The Bertz CT molecular complexity index is 811. The molecule has 0 radical (unpaired) electrons. The first kappa shape index (κ1) is 18.0. The molecule has 3 heterocycles. The number of nitrogens with zero attached hydrogens (tertiary/aromatic N) is 5. The number of piperazine rings is 1. The fourth-order valence-corrected chi connectivity index (χ4v) is 4.25. The number of carboxylic acid groups (broad SMARTS) is 1. The molecule has 2 aliphatic rings. The molecule has 144 valence electrons. The first-order valence-corrected chi connectivity index (χ1v) is 9.85. The lowest BCUT2D eigenvalue weighted by Gasteiger charge is -2.35. The maximum absolute atomic E-state index is 11.1. The Balaban J connectivity index is 1.54. The van der Waals surface area contributed by atoms with Crippen LogP contribution in [-0.2, 0) is 0 Å². The molecule has 0 saturated carbocycles. The van der Waals surface area contributed by atoms with Crippen molar-refractivity contribution in [2.24, 2.45) is 0 Å². The molecule has 1 aromatic carbocycles. The predicted molar refractivity (Wildman–Crippen MR) is 105 cm³/mol. The van der Waals surface area contributed by atoms with Crippen LogP contribution in [0.2, 0.25) is 0 Å². The summed E-state index contributed by atoms with van der Waals surface area (Å²) in [6.45, 7) is 8.78. The van der Waals surface area contributed by atoms with Gasteiger partial charge in [-0.3, -0.25) is 0 Å². The van der Waals surface area contributed by atoms with Gasteiger partial charge in [-0.25, -0.2) is 14.8 Å². The van der Waals surface area contributed by atoms with Crippen molar-refractivity contribution in [3.05, 3.63) is 30.2 Å². The highest BCUT2D eigenvalue weighted by atomic mass is 16.4. The largest absolute Gasteiger partial charge is 0.465 e. The van der Waals surface area contributed by atoms with Crippen LogP contribution in [-0.4, -0.2) is 76.8 Å². The summed E-state index contributed by atoms with van der Waals surface area (Å²) in [4.78, 5) is 26.6. The predicted octanol–water partition coefficient (Wildman–Crippen LogP) is 2.63. The van der Waals surface area contributed by atoms with Gasteiger partial charge in [-0.2, -0.15) is 0 Å². The molecule has 7 heteroatoms. The number of rotatable bonds is 3. The molecule has 1 N–H and O–H groups in total. The van der Waals surface area contributed by atoms with Crippen LogP contribution < -0.4 is 4.90 Å². The standard InChI is InChI=1S/C20H27N5O2/c1-2-23-9-11-24(12-10-23)16-3-4-17-18(13-16)21-14-22-19(17)15-5-7-25(8-6-15)20(26)27/h3-4,13-15H,2,5-12H2,1H3,(H,26,27). The quantitative estimate of drug-likeness (QED) is 0.897. The Morgan fingerprint density at radius 3 is 2.52 bits per heavy atom. The van der Waals surface area contributed by atoms with E-state index < -0.39 is 6.09 Å². The second-order valence-electron chi connectivity index (χ2n) is 7.43. The van der Waals surface area contributed by atoms with Crippen LogP contribution in [0.25, 0.3) is 10.9 Å². The summed E-state index contributed by atoms with van der Waals surface area (Å²) < 4.78 is 0. The van der Waals surface area contributed by atoms with Gasteiger partial charge in [0.25, 0.3) is 0 Å². The van der Waals surface area contributed by atoms with E-state index in [0.717, 1.165) is 62.2 Å². The van der Waals surface area contributed by atoms with Crippen molar-refractivity contribution in [3.63, 3.8) is 0 Å². The summed E-state index contributed by atoms with van der Waals surface area (Å²) in [7, 11) is 0. The van der Waals surface area contributed by atoms with Gasteiger partial charge < -0.3 is 19.8 Å². The zero-order valence-corrected chi connectivity index (χ0v) is 15.8. The number of hydrogen-bond acceptors (Lipinski definition) is 5. The fraction of sp³-hybridized carbons (Fsp3) is 0.550. The van der Waals surface area contributed by atoms with Crippen LogP contribution in [0.4, 0.5) is 10.5 Å². The maximum Gasteiger partial charge on any atom is 0.407 e. The normalized spacial score (nSPS) is 19.6. The Kier molecular flexibility index (Phi) is 5.11. The molecule has 0 aliphatic carbocycles. The van der Waals surface area contributed by atoms with Crippen LogP contribution in [0, 0.1) is 0 Å². The lowest BCUT2D eigenvalue weighted by atomic mass is 9.91. The number of likely N-dealkylation sites (N-methyl/N-ethyl adjacent to an activating group) is 1. The smallest absolute Gasteiger partial charge is 0.407 e. The SMILES string of the molecule is CCN1CCN(c2ccc3c(C4CCN(C(=O)O)CC4)ncnc3c2)CC1. The number of hydrogen-bond donors (Lipinski definition) is 1. The van der Waals surface area contributed by atoms with E-state index in [4.69, 9.17) is 5.11 Å². The molecule has 0 bridgehead atoms. The van der Waals surface area contributed by atoms with E-state index in [1.54, 1.807) is 6.33 Å². The summed E-state index contributed by atoms with van der Waals surface area (Å²) in [6, 6.07) is 6.51. The molecule has 0 unspecified atom stereocenters. The third-order valence-electron chi connectivity index (χ3n) is 5.99. The van der Waals surface area contributed by atoms with Gasteiger partial charge in [0.2, 0.25) is 0 Å². The zero-order valence-electron chi connectivity index (χ0n) is 15.8. The third kappa shape index (κ3) is 3.69. The second kappa shape index (κ2) is 7.68. The van der Waals surface area contributed by atoms with Crippen molar-refractivity contribution in [3.8, 4) is 0 Å². The number of amides is 1. The van der Waals surface area contributed by atoms with Crippen molar-refractivity contribution < 1.29 is 9.90 Å². The van der Waals surface area contributed by atoms with E-state index in [0.29, 0.717) is 19.0 Å². The van der Waals surface area contributed by atoms with Crippen LogP contribution in [0.3, 0.4) is 0 Å².